The zero-order chi connectivity index (χ0) is 19.5. The Kier molecular flexibility index (Phi) is 6.75. The number of rotatable bonds is 6. The standard InChI is InChI=1S/C21H29ClO2SSi/c1-15-19(22)12-18(24-26(6,7)21(2,3)4)13-20(15)25-14-16-8-10-17(23-5)11-9-16/h8-13H,14H2,1-7H3. The van der Waals surface area contributed by atoms with Crippen molar-refractivity contribution in [1.82, 2.24) is 0 Å². The van der Waals surface area contributed by atoms with Crippen molar-refractivity contribution in [3.05, 3.63) is 52.5 Å². The second-order valence-electron chi connectivity index (χ2n) is 8.03. The fourth-order valence-electron chi connectivity index (χ4n) is 2.17. The summed E-state index contributed by atoms with van der Waals surface area (Å²) in [6.45, 7) is 13.3. The van der Waals surface area contributed by atoms with Gasteiger partial charge >= 0.3 is 0 Å². The number of methoxy groups -OCH3 is 1. The second kappa shape index (κ2) is 8.28. The predicted molar refractivity (Wildman–Crippen MR) is 117 cm³/mol. The van der Waals surface area contributed by atoms with Crippen LogP contribution < -0.4 is 9.16 Å². The molecule has 0 unspecified atom stereocenters. The summed E-state index contributed by atoms with van der Waals surface area (Å²) in [4.78, 5) is 1.17. The monoisotopic (exact) mass is 408 g/mol. The molecule has 0 aliphatic rings. The van der Waals surface area contributed by atoms with E-state index in [1.807, 2.05) is 18.2 Å². The average Bonchev–Trinajstić information content (AvgIpc) is 2.55. The highest BCUT2D eigenvalue weighted by Gasteiger charge is 2.39. The lowest BCUT2D eigenvalue weighted by Gasteiger charge is -2.36. The molecule has 26 heavy (non-hydrogen) atoms. The van der Waals surface area contributed by atoms with Crippen LogP contribution >= 0.6 is 23.4 Å². The number of hydrogen-bond acceptors (Lipinski definition) is 3. The minimum atomic E-state index is -1.89. The molecule has 2 nitrogen and oxygen atoms in total. The van der Waals surface area contributed by atoms with Crippen LogP contribution in [0.2, 0.25) is 23.2 Å². The summed E-state index contributed by atoms with van der Waals surface area (Å²) >= 11 is 8.27. The molecular formula is C21H29ClO2SSi. The third-order valence-corrected chi connectivity index (χ3v) is 11.0. The summed E-state index contributed by atoms with van der Waals surface area (Å²) in [5.74, 6) is 2.64. The Morgan fingerprint density at radius 2 is 1.65 bits per heavy atom. The maximum Gasteiger partial charge on any atom is 0.250 e. The average molecular weight is 409 g/mol. The van der Waals surface area contributed by atoms with Gasteiger partial charge in [0.2, 0.25) is 8.32 Å². The lowest BCUT2D eigenvalue weighted by atomic mass is 10.2. The molecule has 2 rings (SSSR count). The van der Waals surface area contributed by atoms with Gasteiger partial charge in [-0.05, 0) is 60.4 Å². The van der Waals surface area contributed by atoms with Crippen LogP contribution in [0.25, 0.3) is 0 Å². The van der Waals surface area contributed by atoms with Crippen LogP contribution in [0, 0.1) is 6.92 Å². The molecule has 0 saturated carbocycles. The van der Waals surface area contributed by atoms with Gasteiger partial charge in [-0.15, -0.1) is 11.8 Å². The van der Waals surface area contributed by atoms with Crippen LogP contribution in [-0.4, -0.2) is 15.4 Å². The van der Waals surface area contributed by atoms with Crippen molar-refractivity contribution in [2.75, 3.05) is 7.11 Å². The van der Waals surface area contributed by atoms with E-state index in [-0.39, 0.29) is 5.04 Å². The third-order valence-electron chi connectivity index (χ3n) is 5.00. The van der Waals surface area contributed by atoms with E-state index in [2.05, 4.69) is 59.0 Å². The summed E-state index contributed by atoms with van der Waals surface area (Å²) in [6, 6.07) is 12.3. The van der Waals surface area contributed by atoms with E-state index < -0.39 is 8.32 Å². The van der Waals surface area contributed by atoms with E-state index >= 15 is 0 Å². The molecule has 0 amide bonds. The predicted octanol–water partition coefficient (Wildman–Crippen LogP) is 7.33. The number of benzene rings is 2. The number of hydrogen-bond donors (Lipinski definition) is 0. The van der Waals surface area contributed by atoms with Crippen LogP contribution in [0.1, 0.15) is 31.9 Å². The molecule has 0 fully saturated rings. The molecule has 0 aromatic heterocycles. The topological polar surface area (TPSA) is 18.5 Å². The van der Waals surface area contributed by atoms with Gasteiger partial charge in [0, 0.05) is 15.7 Å². The summed E-state index contributed by atoms with van der Waals surface area (Å²) in [7, 11) is -0.205. The number of thioether (sulfide) groups is 1. The van der Waals surface area contributed by atoms with E-state index in [0.29, 0.717) is 0 Å². The Hall–Kier alpha value is -1.10. The normalized spacial score (nSPS) is 12.2. The first-order valence-electron chi connectivity index (χ1n) is 8.78. The smallest absolute Gasteiger partial charge is 0.250 e. The summed E-state index contributed by atoms with van der Waals surface area (Å²) < 4.78 is 11.7. The zero-order valence-corrected chi connectivity index (χ0v) is 19.3. The summed E-state index contributed by atoms with van der Waals surface area (Å²) in [5, 5.41) is 0.916. The zero-order valence-electron chi connectivity index (χ0n) is 16.8. The first kappa shape index (κ1) is 21.2. The Morgan fingerprint density at radius 3 is 2.19 bits per heavy atom. The molecular weight excluding hydrogens is 380 g/mol. The van der Waals surface area contributed by atoms with Gasteiger partial charge in [-0.25, -0.2) is 0 Å². The highest BCUT2D eigenvalue weighted by Crippen LogP contribution is 2.40. The van der Waals surface area contributed by atoms with E-state index in [0.717, 1.165) is 27.8 Å². The molecule has 0 aliphatic carbocycles. The van der Waals surface area contributed by atoms with Crippen molar-refractivity contribution in [3.63, 3.8) is 0 Å². The first-order valence-corrected chi connectivity index (χ1v) is 13.1. The van der Waals surface area contributed by atoms with E-state index in [1.54, 1.807) is 18.9 Å². The van der Waals surface area contributed by atoms with Gasteiger partial charge < -0.3 is 9.16 Å². The van der Waals surface area contributed by atoms with Gasteiger partial charge in [0.25, 0.3) is 0 Å². The highest BCUT2D eigenvalue weighted by atomic mass is 35.5. The maximum absolute atomic E-state index is 6.49. The number of ether oxygens (including phenoxy) is 1. The maximum atomic E-state index is 6.49. The molecule has 142 valence electrons. The lowest BCUT2D eigenvalue weighted by molar-refractivity contribution is 0.414. The summed E-state index contributed by atoms with van der Waals surface area (Å²) in [5.41, 5.74) is 2.36. The van der Waals surface area contributed by atoms with Crippen LogP contribution in [-0.2, 0) is 5.75 Å². The Balaban J connectivity index is 2.19. The molecule has 2 aromatic rings. The molecule has 0 bridgehead atoms. The highest BCUT2D eigenvalue weighted by molar-refractivity contribution is 7.98. The lowest BCUT2D eigenvalue weighted by Crippen LogP contribution is -2.43. The van der Waals surface area contributed by atoms with E-state index in [1.165, 1.54) is 10.5 Å². The Labute approximate surface area is 168 Å². The van der Waals surface area contributed by atoms with E-state index in [4.69, 9.17) is 20.8 Å². The van der Waals surface area contributed by atoms with Crippen molar-refractivity contribution in [2.24, 2.45) is 0 Å². The molecule has 5 heteroatoms. The SMILES string of the molecule is COc1ccc(CSc2cc(O[Si](C)(C)C(C)(C)C)cc(Cl)c2C)cc1. The van der Waals surface area contributed by atoms with Crippen molar-refractivity contribution >= 4 is 31.7 Å². The molecule has 0 saturated heterocycles. The van der Waals surface area contributed by atoms with Gasteiger partial charge in [0.05, 0.1) is 7.11 Å². The molecule has 0 aliphatic heterocycles. The van der Waals surface area contributed by atoms with Crippen molar-refractivity contribution in [3.8, 4) is 11.5 Å². The van der Waals surface area contributed by atoms with Gasteiger partial charge in [-0.1, -0.05) is 44.5 Å². The third kappa shape index (κ3) is 5.21. The van der Waals surface area contributed by atoms with Gasteiger partial charge in [0.1, 0.15) is 11.5 Å². The molecule has 2 aromatic carbocycles. The Bertz CT molecular complexity index is 752. The minimum Gasteiger partial charge on any atom is -0.543 e. The number of halogens is 1. The molecule has 0 spiro atoms. The largest absolute Gasteiger partial charge is 0.543 e. The van der Waals surface area contributed by atoms with Crippen LogP contribution in [0.3, 0.4) is 0 Å². The van der Waals surface area contributed by atoms with Crippen LogP contribution in [0.5, 0.6) is 11.5 Å². The first-order chi connectivity index (χ1) is 12.0. The minimum absolute atomic E-state index is 0.154. The van der Waals surface area contributed by atoms with Crippen molar-refractivity contribution < 1.29 is 9.16 Å². The molecule has 0 radical (unpaired) electrons. The van der Waals surface area contributed by atoms with Gasteiger partial charge in [-0.3, -0.25) is 0 Å². The second-order valence-corrected chi connectivity index (χ2v) is 14.2. The quantitative estimate of drug-likeness (QED) is 0.368. The van der Waals surface area contributed by atoms with E-state index in [9.17, 15) is 0 Å². The molecule has 0 N–H and O–H groups in total. The van der Waals surface area contributed by atoms with Crippen molar-refractivity contribution in [2.45, 2.75) is 56.5 Å². The van der Waals surface area contributed by atoms with Gasteiger partial charge in [0.15, 0.2) is 0 Å². The fraction of sp³-hybridized carbons (Fsp3) is 0.429. The van der Waals surface area contributed by atoms with Crippen LogP contribution in [0.4, 0.5) is 0 Å². The fourth-order valence-corrected chi connectivity index (χ4v) is 4.49. The Morgan fingerprint density at radius 1 is 1.04 bits per heavy atom. The van der Waals surface area contributed by atoms with Crippen molar-refractivity contribution in [1.29, 1.82) is 0 Å². The molecule has 0 atom stereocenters. The molecule has 0 heterocycles. The summed E-state index contributed by atoms with van der Waals surface area (Å²) in [6.07, 6.45) is 0. The van der Waals surface area contributed by atoms with Gasteiger partial charge in [-0.2, -0.15) is 0 Å². The van der Waals surface area contributed by atoms with Crippen LogP contribution in [0.15, 0.2) is 41.3 Å².